The van der Waals surface area contributed by atoms with Crippen molar-refractivity contribution in [2.45, 2.75) is 26.3 Å². The Labute approximate surface area is 150 Å². The van der Waals surface area contributed by atoms with Gasteiger partial charge in [0.05, 0.1) is 6.61 Å². The number of nitrogens with one attached hydrogen (secondary N) is 2. The molecule has 0 aliphatic carbocycles. The molecule has 1 heterocycles. The zero-order valence-electron chi connectivity index (χ0n) is 15.1. The number of aliphatic hydroxyl groups excluding tert-OH is 1. The van der Waals surface area contributed by atoms with Crippen molar-refractivity contribution in [3.8, 4) is 0 Å². The minimum absolute atomic E-state index is 0.0477. The topological polar surface area (TPSA) is 74.5 Å². The second-order valence-corrected chi connectivity index (χ2v) is 6.22. The first kappa shape index (κ1) is 19.0. The van der Waals surface area contributed by atoms with Gasteiger partial charge in [-0.2, -0.15) is 5.10 Å². The zero-order chi connectivity index (χ0) is 17.9. The normalized spacial score (nSPS) is 14.1. The van der Waals surface area contributed by atoms with Crippen LogP contribution in [0, 0.1) is 5.92 Å². The Hall–Kier alpha value is -2.34. The molecule has 6 heteroatoms. The van der Waals surface area contributed by atoms with Gasteiger partial charge in [-0.15, -0.1) is 0 Å². The number of hydrogen-bond acceptors (Lipinski definition) is 3. The Bertz CT molecular complexity index is 612. The van der Waals surface area contributed by atoms with Gasteiger partial charge in [-0.25, -0.2) is 0 Å². The fourth-order valence-electron chi connectivity index (χ4n) is 2.61. The van der Waals surface area contributed by atoms with Gasteiger partial charge in [-0.1, -0.05) is 37.3 Å². The smallest absolute Gasteiger partial charge is 0.191 e. The Morgan fingerprint density at radius 2 is 2.04 bits per heavy atom. The Morgan fingerprint density at radius 3 is 2.68 bits per heavy atom. The molecule has 0 saturated carbocycles. The number of aromatic nitrogens is 2. The van der Waals surface area contributed by atoms with Crippen LogP contribution < -0.4 is 10.6 Å². The lowest BCUT2D eigenvalue weighted by molar-refractivity contribution is 0.265. The van der Waals surface area contributed by atoms with E-state index in [9.17, 15) is 5.11 Å². The SMILES string of the molecule is CCNC(=NCC(C)Cn1cccn1)NCC(CO)c1ccccc1. The van der Waals surface area contributed by atoms with Crippen molar-refractivity contribution in [2.24, 2.45) is 10.9 Å². The second-order valence-electron chi connectivity index (χ2n) is 6.22. The Kier molecular flexibility index (Phi) is 7.98. The van der Waals surface area contributed by atoms with E-state index >= 15 is 0 Å². The quantitative estimate of drug-likeness (QED) is 0.480. The van der Waals surface area contributed by atoms with Gasteiger partial charge in [0.25, 0.3) is 0 Å². The molecule has 136 valence electrons. The van der Waals surface area contributed by atoms with Gasteiger partial charge in [-0.3, -0.25) is 9.67 Å². The molecule has 2 unspecified atom stereocenters. The second kappa shape index (κ2) is 10.5. The summed E-state index contributed by atoms with van der Waals surface area (Å²) in [6.45, 7) is 7.31. The van der Waals surface area contributed by atoms with Crippen LogP contribution in [0.5, 0.6) is 0 Å². The van der Waals surface area contributed by atoms with Gasteiger partial charge >= 0.3 is 0 Å². The monoisotopic (exact) mass is 343 g/mol. The highest BCUT2D eigenvalue weighted by molar-refractivity contribution is 5.79. The minimum Gasteiger partial charge on any atom is -0.396 e. The molecular weight excluding hydrogens is 314 g/mol. The molecular formula is C19H29N5O. The summed E-state index contributed by atoms with van der Waals surface area (Å²) >= 11 is 0. The number of guanidine groups is 1. The zero-order valence-corrected chi connectivity index (χ0v) is 15.1. The maximum atomic E-state index is 9.67. The van der Waals surface area contributed by atoms with Crippen molar-refractivity contribution in [3.05, 3.63) is 54.4 Å². The average Bonchev–Trinajstić information content (AvgIpc) is 3.14. The summed E-state index contributed by atoms with van der Waals surface area (Å²) in [7, 11) is 0. The molecule has 2 rings (SSSR count). The summed E-state index contributed by atoms with van der Waals surface area (Å²) in [5, 5.41) is 20.5. The molecule has 0 amide bonds. The molecule has 6 nitrogen and oxygen atoms in total. The largest absolute Gasteiger partial charge is 0.396 e. The van der Waals surface area contributed by atoms with Gasteiger partial charge in [0.1, 0.15) is 0 Å². The molecule has 3 N–H and O–H groups in total. The molecule has 0 spiro atoms. The third-order valence-corrected chi connectivity index (χ3v) is 3.97. The summed E-state index contributed by atoms with van der Waals surface area (Å²) in [5.74, 6) is 1.22. The van der Waals surface area contributed by atoms with Crippen molar-refractivity contribution < 1.29 is 5.11 Å². The first-order valence-corrected chi connectivity index (χ1v) is 8.88. The summed E-state index contributed by atoms with van der Waals surface area (Å²) in [6.07, 6.45) is 3.76. The fourth-order valence-corrected chi connectivity index (χ4v) is 2.61. The molecule has 25 heavy (non-hydrogen) atoms. The molecule has 2 aromatic rings. The lowest BCUT2D eigenvalue weighted by atomic mass is 10.0. The van der Waals surface area contributed by atoms with Crippen molar-refractivity contribution in [1.29, 1.82) is 0 Å². The number of aliphatic hydroxyl groups is 1. The highest BCUT2D eigenvalue weighted by atomic mass is 16.3. The predicted octanol–water partition coefficient (Wildman–Crippen LogP) is 1.85. The van der Waals surface area contributed by atoms with Crippen LogP contribution in [0.3, 0.4) is 0 Å². The molecule has 1 aromatic carbocycles. The van der Waals surface area contributed by atoms with Crippen molar-refractivity contribution in [3.63, 3.8) is 0 Å². The molecule has 2 atom stereocenters. The third-order valence-electron chi connectivity index (χ3n) is 3.97. The van der Waals surface area contributed by atoms with E-state index in [0.717, 1.165) is 24.6 Å². The van der Waals surface area contributed by atoms with E-state index in [1.807, 2.05) is 54.2 Å². The highest BCUT2D eigenvalue weighted by Gasteiger charge is 2.11. The summed E-state index contributed by atoms with van der Waals surface area (Å²) < 4.78 is 1.93. The van der Waals surface area contributed by atoms with E-state index in [1.54, 1.807) is 6.20 Å². The predicted molar refractivity (Wildman–Crippen MR) is 102 cm³/mol. The fraction of sp³-hybridized carbons (Fsp3) is 0.474. The number of aliphatic imine (C=N–C) groups is 1. The standard InChI is InChI=1S/C19H29N5O/c1-3-20-19(21-12-16(2)14-24-11-7-10-23-24)22-13-18(15-25)17-8-5-4-6-9-17/h4-11,16,18,25H,3,12-15H2,1-2H3,(H2,20,21,22). The Balaban J connectivity index is 1.88. The van der Waals surface area contributed by atoms with E-state index in [1.165, 1.54) is 0 Å². The molecule has 0 bridgehead atoms. The van der Waals surface area contributed by atoms with Crippen LogP contribution in [0.25, 0.3) is 0 Å². The van der Waals surface area contributed by atoms with Crippen LogP contribution in [-0.2, 0) is 6.54 Å². The van der Waals surface area contributed by atoms with Gasteiger partial charge in [-0.05, 0) is 24.5 Å². The van der Waals surface area contributed by atoms with Gasteiger partial charge in [0.15, 0.2) is 5.96 Å². The van der Waals surface area contributed by atoms with Crippen LogP contribution in [0.2, 0.25) is 0 Å². The Morgan fingerprint density at radius 1 is 1.24 bits per heavy atom. The van der Waals surface area contributed by atoms with Crippen molar-refractivity contribution in [2.75, 3.05) is 26.2 Å². The molecule has 0 aliphatic rings. The van der Waals surface area contributed by atoms with E-state index in [2.05, 4.69) is 27.6 Å². The van der Waals surface area contributed by atoms with E-state index < -0.39 is 0 Å². The summed E-state index contributed by atoms with van der Waals surface area (Å²) in [4.78, 5) is 4.67. The average molecular weight is 343 g/mol. The van der Waals surface area contributed by atoms with E-state index in [4.69, 9.17) is 0 Å². The molecule has 0 radical (unpaired) electrons. The van der Waals surface area contributed by atoms with Gasteiger partial charge < -0.3 is 15.7 Å². The van der Waals surface area contributed by atoms with Gasteiger partial charge in [0.2, 0.25) is 0 Å². The molecule has 0 fully saturated rings. The molecule has 0 aliphatic heterocycles. The van der Waals surface area contributed by atoms with Gasteiger partial charge in [0, 0.05) is 44.5 Å². The molecule has 0 saturated heterocycles. The lowest BCUT2D eigenvalue weighted by Crippen LogP contribution is -2.40. The number of nitrogens with zero attached hydrogens (tertiary/aromatic N) is 3. The van der Waals surface area contributed by atoms with Crippen LogP contribution in [-0.4, -0.2) is 47.1 Å². The summed E-state index contributed by atoms with van der Waals surface area (Å²) in [6, 6.07) is 12.0. The first-order valence-electron chi connectivity index (χ1n) is 8.88. The van der Waals surface area contributed by atoms with Crippen molar-refractivity contribution >= 4 is 5.96 Å². The van der Waals surface area contributed by atoms with Crippen LogP contribution in [0.4, 0.5) is 0 Å². The van der Waals surface area contributed by atoms with E-state index in [0.29, 0.717) is 19.0 Å². The number of hydrogen-bond donors (Lipinski definition) is 3. The maximum absolute atomic E-state index is 9.67. The highest BCUT2D eigenvalue weighted by Crippen LogP contribution is 2.13. The summed E-state index contributed by atoms with van der Waals surface area (Å²) in [5.41, 5.74) is 1.13. The first-order chi connectivity index (χ1) is 12.2. The molecule has 1 aromatic heterocycles. The van der Waals surface area contributed by atoms with Crippen LogP contribution in [0.15, 0.2) is 53.8 Å². The minimum atomic E-state index is 0.0477. The van der Waals surface area contributed by atoms with Crippen LogP contribution >= 0.6 is 0 Å². The van der Waals surface area contributed by atoms with E-state index in [-0.39, 0.29) is 12.5 Å². The van der Waals surface area contributed by atoms with Crippen LogP contribution in [0.1, 0.15) is 25.3 Å². The lowest BCUT2D eigenvalue weighted by Gasteiger charge is -2.18. The van der Waals surface area contributed by atoms with Crippen molar-refractivity contribution in [1.82, 2.24) is 20.4 Å². The number of rotatable bonds is 9. The third kappa shape index (κ3) is 6.58. The maximum Gasteiger partial charge on any atom is 0.191 e. The number of benzene rings is 1.